The highest BCUT2D eigenvalue weighted by Gasteiger charge is 2.13. The minimum atomic E-state index is -0.200. The van der Waals surface area contributed by atoms with Crippen LogP contribution in [0, 0.1) is 6.92 Å². The molecular formula is C12H18N6O. The number of carbonyl (C=O) groups is 1. The van der Waals surface area contributed by atoms with Crippen LogP contribution in [0.5, 0.6) is 0 Å². The van der Waals surface area contributed by atoms with E-state index in [0.29, 0.717) is 17.9 Å². The van der Waals surface area contributed by atoms with Crippen LogP contribution in [0.25, 0.3) is 0 Å². The van der Waals surface area contributed by atoms with Crippen molar-refractivity contribution in [3.05, 3.63) is 29.8 Å². The third-order valence-electron chi connectivity index (χ3n) is 2.79. The normalized spacial score (nSPS) is 10.6. The van der Waals surface area contributed by atoms with Gasteiger partial charge < -0.3 is 11.1 Å². The lowest BCUT2D eigenvalue weighted by molar-refractivity contribution is 0.0944. The van der Waals surface area contributed by atoms with Gasteiger partial charge in [-0.1, -0.05) is 0 Å². The summed E-state index contributed by atoms with van der Waals surface area (Å²) in [5.41, 5.74) is 7.60. The largest absolute Gasteiger partial charge is 0.396 e. The lowest BCUT2D eigenvalue weighted by atomic mass is 10.3. The predicted molar refractivity (Wildman–Crippen MR) is 71.5 cm³/mol. The van der Waals surface area contributed by atoms with E-state index in [2.05, 4.69) is 15.5 Å². The summed E-state index contributed by atoms with van der Waals surface area (Å²) in [5.74, 6) is -0.200. The first-order valence-corrected chi connectivity index (χ1v) is 6.12. The zero-order valence-electron chi connectivity index (χ0n) is 11.1. The molecule has 2 heterocycles. The van der Waals surface area contributed by atoms with Crippen molar-refractivity contribution in [2.24, 2.45) is 7.05 Å². The Morgan fingerprint density at radius 3 is 2.79 bits per heavy atom. The van der Waals surface area contributed by atoms with Crippen LogP contribution in [0.1, 0.15) is 22.5 Å². The maximum atomic E-state index is 11.9. The van der Waals surface area contributed by atoms with Crippen LogP contribution < -0.4 is 11.1 Å². The number of hydrogen-bond acceptors (Lipinski definition) is 4. The van der Waals surface area contributed by atoms with Crippen molar-refractivity contribution >= 4 is 11.6 Å². The van der Waals surface area contributed by atoms with Gasteiger partial charge in [0, 0.05) is 26.3 Å². The molecule has 0 saturated carbocycles. The molecule has 0 aliphatic rings. The summed E-state index contributed by atoms with van der Waals surface area (Å²) in [6.07, 6.45) is 6.07. The first kappa shape index (κ1) is 13.1. The summed E-state index contributed by atoms with van der Waals surface area (Å²) in [6, 6.07) is 0. The Kier molecular flexibility index (Phi) is 3.84. The van der Waals surface area contributed by atoms with E-state index in [4.69, 9.17) is 5.73 Å². The van der Waals surface area contributed by atoms with Crippen LogP contribution in [0.2, 0.25) is 0 Å². The first-order valence-electron chi connectivity index (χ1n) is 6.12. The number of nitrogens with one attached hydrogen (secondary N) is 1. The molecule has 0 unspecified atom stereocenters. The SMILES string of the molecule is Cc1cnn(CCCNC(=O)c2c(N)cnn2C)c1. The van der Waals surface area contributed by atoms with Crippen molar-refractivity contribution in [3.8, 4) is 0 Å². The summed E-state index contributed by atoms with van der Waals surface area (Å²) >= 11 is 0. The Bertz CT molecular complexity index is 551. The van der Waals surface area contributed by atoms with E-state index in [1.807, 2.05) is 24.0 Å². The third kappa shape index (κ3) is 3.12. The molecule has 0 radical (unpaired) electrons. The van der Waals surface area contributed by atoms with Gasteiger partial charge >= 0.3 is 0 Å². The number of nitrogens with zero attached hydrogens (tertiary/aromatic N) is 4. The molecule has 3 N–H and O–H groups in total. The molecule has 7 heteroatoms. The molecular weight excluding hydrogens is 244 g/mol. The van der Waals surface area contributed by atoms with Crippen LogP contribution >= 0.6 is 0 Å². The Hall–Kier alpha value is -2.31. The predicted octanol–water partition coefficient (Wildman–Crippen LogP) is 0.327. The second-order valence-electron chi connectivity index (χ2n) is 4.46. The summed E-state index contributed by atoms with van der Waals surface area (Å²) in [5, 5.41) is 10.9. The second kappa shape index (κ2) is 5.55. The number of amides is 1. The Morgan fingerprint density at radius 2 is 2.21 bits per heavy atom. The molecule has 2 aromatic heterocycles. The molecule has 0 aliphatic heterocycles. The molecule has 7 nitrogen and oxygen atoms in total. The number of anilines is 1. The fourth-order valence-corrected chi connectivity index (χ4v) is 1.85. The van der Waals surface area contributed by atoms with E-state index in [1.54, 1.807) is 7.05 Å². The summed E-state index contributed by atoms with van der Waals surface area (Å²) in [6.45, 7) is 3.34. The fourth-order valence-electron chi connectivity index (χ4n) is 1.85. The van der Waals surface area contributed by atoms with E-state index in [0.717, 1.165) is 18.5 Å². The highest BCUT2D eigenvalue weighted by atomic mass is 16.2. The molecule has 0 bridgehead atoms. The summed E-state index contributed by atoms with van der Waals surface area (Å²) in [7, 11) is 1.69. The van der Waals surface area contributed by atoms with Gasteiger partial charge in [0.1, 0.15) is 5.69 Å². The molecule has 0 aromatic carbocycles. The molecule has 0 atom stereocenters. The standard InChI is InChI=1S/C12H18N6O/c1-9-6-16-18(8-9)5-3-4-14-12(19)11-10(13)7-15-17(11)2/h6-8H,3-5,13H2,1-2H3,(H,14,19). The minimum Gasteiger partial charge on any atom is -0.396 e. The highest BCUT2D eigenvalue weighted by Crippen LogP contribution is 2.08. The number of hydrogen-bond donors (Lipinski definition) is 2. The van der Waals surface area contributed by atoms with Gasteiger partial charge in [0.25, 0.3) is 5.91 Å². The van der Waals surface area contributed by atoms with Crippen molar-refractivity contribution in [2.75, 3.05) is 12.3 Å². The molecule has 2 aromatic rings. The zero-order valence-corrected chi connectivity index (χ0v) is 11.1. The van der Waals surface area contributed by atoms with Gasteiger partial charge in [0.15, 0.2) is 0 Å². The third-order valence-corrected chi connectivity index (χ3v) is 2.79. The zero-order chi connectivity index (χ0) is 13.8. The minimum absolute atomic E-state index is 0.200. The van der Waals surface area contributed by atoms with E-state index in [-0.39, 0.29) is 5.91 Å². The van der Waals surface area contributed by atoms with Crippen LogP contribution in [0.3, 0.4) is 0 Å². The van der Waals surface area contributed by atoms with E-state index >= 15 is 0 Å². The molecule has 0 saturated heterocycles. The molecule has 0 aliphatic carbocycles. The Balaban J connectivity index is 1.78. The molecule has 1 amide bonds. The average Bonchev–Trinajstić information content (AvgIpc) is 2.91. The van der Waals surface area contributed by atoms with Crippen LogP contribution in [0.15, 0.2) is 18.6 Å². The first-order chi connectivity index (χ1) is 9.08. The van der Waals surface area contributed by atoms with Gasteiger partial charge in [-0.3, -0.25) is 14.2 Å². The molecule has 102 valence electrons. The maximum absolute atomic E-state index is 11.9. The Morgan fingerprint density at radius 1 is 1.42 bits per heavy atom. The number of carbonyl (C=O) groups excluding carboxylic acids is 1. The van der Waals surface area contributed by atoms with Gasteiger partial charge in [-0.05, 0) is 18.9 Å². The average molecular weight is 262 g/mol. The van der Waals surface area contributed by atoms with Gasteiger partial charge in [-0.2, -0.15) is 10.2 Å². The highest BCUT2D eigenvalue weighted by molar-refractivity contribution is 5.97. The molecule has 2 rings (SSSR count). The van der Waals surface area contributed by atoms with Gasteiger partial charge in [-0.25, -0.2) is 0 Å². The number of nitrogens with two attached hydrogens (primary N) is 1. The van der Waals surface area contributed by atoms with E-state index < -0.39 is 0 Å². The second-order valence-corrected chi connectivity index (χ2v) is 4.46. The fraction of sp³-hybridized carbons (Fsp3) is 0.417. The quantitative estimate of drug-likeness (QED) is 0.760. The van der Waals surface area contributed by atoms with E-state index in [1.165, 1.54) is 10.9 Å². The number of nitrogen functional groups attached to an aromatic ring is 1. The topological polar surface area (TPSA) is 90.8 Å². The Labute approximate surface area is 111 Å². The van der Waals surface area contributed by atoms with Crippen LogP contribution in [-0.4, -0.2) is 32.0 Å². The van der Waals surface area contributed by atoms with Crippen molar-refractivity contribution in [1.82, 2.24) is 24.9 Å². The lowest BCUT2D eigenvalue weighted by Gasteiger charge is -2.06. The van der Waals surface area contributed by atoms with Gasteiger partial charge in [-0.15, -0.1) is 0 Å². The molecule has 0 fully saturated rings. The number of aromatic nitrogens is 4. The van der Waals surface area contributed by atoms with Crippen molar-refractivity contribution < 1.29 is 4.79 Å². The van der Waals surface area contributed by atoms with Crippen LogP contribution in [0.4, 0.5) is 5.69 Å². The summed E-state index contributed by atoms with van der Waals surface area (Å²) < 4.78 is 3.33. The van der Waals surface area contributed by atoms with Crippen LogP contribution in [-0.2, 0) is 13.6 Å². The van der Waals surface area contributed by atoms with Gasteiger partial charge in [0.05, 0.1) is 18.1 Å². The van der Waals surface area contributed by atoms with E-state index in [9.17, 15) is 4.79 Å². The van der Waals surface area contributed by atoms with Gasteiger partial charge in [0.2, 0.25) is 0 Å². The molecule has 19 heavy (non-hydrogen) atoms. The monoisotopic (exact) mass is 262 g/mol. The lowest BCUT2D eigenvalue weighted by Crippen LogP contribution is -2.28. The van der Waals surface area contributed by atoms with Crippen molar-refractivity contribution in [2.45, 2.75) is 19.9 Å². The smallest absolute Gasteiger partial charge is 0.271 e. The maximum Gasteiger partial charge on any atom is 0.271 e. The van der Waals surface area contributed by atoms with Crippen molar-refractivity contribution in [1.29, 1.82) is 0 Å². The number of aryl methyl sites for hydroxylation is 3. The summed E-state index contributed by atoms with van der Waals surface area (Å²) in [4.78, 5) is 11.9. The number of rotatable bonds is 5. The van der Waals surface area contributed by atoms with Crippen molar-refractivity contribution in [3.63, 3.8) is 0 Å². The molecule has 0 spiro atoms.